The molecule has 1 N–H and O–H groups in total. The molecule has 64 valence electrons. The van der Waals surface area contributed by atoms with E-state index in [0.29, 0.717) is 12.0 Å². The van der Waals surface area contributed by atoms with Gasteiger partial charge in [-0.1, -0.05) is 25.1 Å². The Morgan fingerprint density at radius 2 is 2.00 bits per heavy atom. The summed E-state index contributed by atoms with van der Waals surface area (Å²) in [5.41, 5.74) is 2.79. The minimum absolute atomic E-state index is 0.620. The first-order valence-corrected chi connectivity index (χ1v) is 4.63. The molecule has 0 spiro atoms. The van der Waals surface area contributed by atoms with Crippen LogP contribution in [0.4, 0.5) is 5.69 Å². The Morgan fingerprint density at radius 1 is 1.25 bits per heavy atom. The molecule has 2 rings (SSSR count). The molecule has 1 aromatic carbocycles. The summed E-state index contributed by atoms with van der Waals surface area (Å²) in [5, 5.41) is 3.49. The van der Waals surface area contributed by atoms with Gasteiger partial charge in [-0.3, -0.25) is 0 Å². The van der Waals surface area contributed by atoms with Crippen LogP contribution in [0.15, 0.2) is 24.3 Å². The molecular weight excluding hydrogens is 146 g/mol. The molecule has 0 aromatic heterocycles. The normalized spacial score (nSPS) is 27.5. The van der Waals surface area contributed by atoms with Crippen LogP contribution < -0.4 is 5.32 Å². The lowest BCUT2D eigenvalue weighted by atomic mass is 9.89. The first kappa shape index (κ1) is 7.66. The van der Waals surface area contributed by atoms with E-state index in [9.17, 15) is 0 Å². The third-order valence-corrected chi connectivity index (χ3v) is 2.60. The predicted molar refractivity (Wildman–Crippen MR) is 52.6 cm³/mol. The van der Waals surface area contributed by atoms with Gasteiger partial charge in [0.25, 0.3) is 0 Å². The summed E-state index contributed by atoms with van der Waals surface area (Å²) in [4.78, 5) is 0. The van der Waals surface area contributed by atoms with Gasteiger partial charge in [0.05, 0.1) is 0 Å². The van der Waals surface area contributed by atoms with Gasteiger partial charge in [0, 0.05) is 11.7 Å². The fraction of sp³-hybridized carbons (Fsp3) is 0.455. The molecule has 1 aliphatic heterocycles. The van der Waals surface area contributed by atoms with E-state index < -0.39 is 0 Å². The highest BCUT2D eigenvalue weighted by Gasteiger charge is 2.19. The highest BCUT2D eigenvalue weighted by molar-refractivity contribution is 5.55. The van der Waals surface area contributed by atoms with Crippen LogP contribution in [-0.4, -0.2) is 6.04 Å². The average Bonchev–Trinajstić information content (AvgIpc) is 2.04. The first-order valence-electron chi connectivity index (χ1n) is 4.63. The fourth-order valence-corrected chi connectivity index (χ4v) is 2.04. The van der Waals surface area contributed by atoms with Crippen molar-refractivity contribution in [1.29, 1.82) is 0 Å². The molecule has 1 nitrogen and oxygen atoms in total. The monoisotopic (exact) mass is 161 g/mol. The van der Waals surface area contributed by atoms with E-state index in [0.717, 1.165) is 0 Å². The molecule has 1 heteroatoms. The van der Waals surface area contributed by atoms with Crippen molar-refractivity contribution in [3.63, 3.8) is 0 Å². The number of nitrogens with one attached hydrogen (secondary N) is 1. The van der Waals surface area contributed by atoms with Crippen molar-refractivity contribution in [3.05, 3.63) is 29.8 Å². The Labute approximate surface area is 73.8 Å². The van der Waals surface area contributed by atoms with Gasteiger partial charge >= 0.3 is 0 Å². The van der Waals surface area contributed by atoms with Crippen LogP contribution in [0.25, 0.3) is 0 Å². The van der Waals surface area contributed by atoms with Gasteiger partial charge in [0.2, 0.25) is 0 Å². The summed E-state index contributed by atoms with van der Waals surface area (Å²) in [6.07, 6.45) is 1.25. The molecule has 1 aromatic rings. The molecule has 0 aliphatic carbocycles. The largest absolute Gasteiger partial charge is 0.382 e. The Balaban J connectivity index is 2.40. The zero-order chi connectivity index (χ0) is 8.55. The van der Waals surface area contributed by atoms with Gasteiger partial charge in [-0.05, 0) is 30.9 Å². The summed E-state index contributed by atoms with van der Waals surface area (Å²) in [6, 6.07) is 9.22. The van der Waals surface area contributed by atoms with E-state index in [1.807, 2.05) is 0 Å². The van der Waals surface area contributed by atoms with Crippen LogP contribution in [0.5, 0.6) is 0 Å². The molecule has 1 aliphatic rings. The van der Waals surface area contributed by atoms with E-state index in [2.05, 4.69) is 43.4 Å². The Hall–Kier alpha value is -0.980. The molecule has 2 atom stereocenters. The number of fused-ring (bicyclic) bond motifs is 1. The summed E-state index contributed by atoms with van der Waals surface area (Å²) in [7, 11) is 0. The zero-order valence-electron chi connectivity index (χ0n) is 7.67. The van der Waals surface area contributed by atoms with E-state index in [4.69, 9.17) is 0 Å². The van der Waals surface area contributed by atoms with Crippen LogP contribution in [0.3, 0.4) is 0 Å². The van der Waals surface area contributed by atoms with Crippen molar-refractivity contribution in [2.75, 3.05) is 5.32 Å². The van der Waals surface area contributed by atoms with Crippen LogP contribution in [0.2, 0.25) is 0 Å². The molecule has 0 saturated heterocycles. The van der Waals surface area contributed by atoms with Crippen molar-refractivity contribution in [2.24, 2.45) is 0 Å². The molecule has 0 unspecified atom stereocenters. The van der Waals surface area contributed by atoms with E-state index in [1.165, 1.54) is 17.7 Å². The van der Waals surface area contributed by atoms with Crippen LogP contribution in [0.1, 0.15) is 31.7 Å². The van der Waals surface area contributed by atoms with Crippen molar-refractivity contribution in [3.8, 4) is 0 Å². The number of para-hydroxylation sites is 1. The average molecular weight is 161 g/mol. The molecule has 0 radical (unpaired) electrons. The van der Waals surface area contributed by atoms with Crippen LogP contribution in [0, 0.1) is 0 Å². The fourth-order valence-electron chi connectivity index (χ4n) is 2.04. The van der Waals surface area contributed by atoms with Gasteiger partial charge in [-0.15, -0.1) is 0 Å². The number of anilines is 1. The number of hydrogen-bond acceptors (Lipinski definition) is 1. The second-order valence-electron chi connectivity index (χ2n) is 3.77. The van der Waals surface area contributed by atoms with Crippen molar-refractivity contribution >= 4 is 5.69 Å². The van der Waals surface area contributed by atoms with Crippen molar-refractivity contribution in [2.45, 2.75) is 32.2 Å². The summed E-state index contributed by atoms with van der Waals surface area (Å²) in [5.74, 6) is 0.706. The lowest BCUT2D eigenvalue weighted by molar-refractivity contribution is 0.590. The smallest absolute Gasteiger partial charge is 0.0377 e. The van der Waals surface area contributed by atoms with E-state index >= 15 is 0 Å². The minimum Gasteiger partial charge on any atom is -0.382 e. The van der Waals surface area contributed by atoms with Gasteiger partial charge in [0.15, 0.2) is 0 Å². The Morgan fingerprint density at radius 3 is 2.83 bits per heavy atom. The highest BCUT2D eigenvalue weighted by atomic mass is 14.9. The second kappa shape index (κ2) is 2.81. The van der Waals surface area contributed by atoms with E-state index in [-0.39, 0.29) is 0 Å². The highest BCUT2D eigenvalue weighted by Crippen LogP contribution is 2.33. The van der Waals surface area contributed by atoms with Crippen LogP contribution in [-0.2, 0) is 0 Å². The lowest BCUT2D eigenvalue weighted by Gasteiger charge is -2.28. The van der Waals surface area contributed by atoms with Gasteiger partial charge in [0.1, 0.15) is 0 Å². The van der Waals surface area contributed by atoms with Gasteiger partial charge < -0.3 is 5.32 Å². The first-order chi connectivity index (χ1) is 5.77. The SMILES string of the molecule is C[C@H]1C[C@H](C)c2ccccc2N1. The number of rotatable bonds is 0. The molecular formula is C11H15N. The van der Waals surface area contributed by atoms with Gasteiger partial charge in [-0.2, -0.15) is 0 Å². The minimum atomic E-state index is 0.620. The maximum Gasteiger partial charge on any atom is 0.0377 e. The molecule has 0 saturated carbocycles. The second-order valence-corrected chi connectivity index (χ2v) is 3.77. The van der Waals surface area contributed by atoms with E-state index in [1.54, 1.807) is 0 Å². The molecule has 1 heterocycles. The van der Waals surface area contributed by atoms with Crippen molar-refractivity contribution < 1.29 is 0 Å². The number of hydrogen-bond donors (Lipinski definition) is 1. The molecule has 0 amide bonds. The quantitative estimate of drug-likeness (QED) is 0.616. The Kier molecular flexibility index (Phi) is 1.80. The standard InChI is InChI=1S/C11H15N/c1-8-7-9(2)12-11-6-4-3-5-10(8)11/h3-6,8-9,12H,7H2,1-2H3/t8-,9-/m0/s1. The maximum atomic E-state index is 3.49. The van der Waals surface area contributed by atoms with Gasteiger partial charge in [-0.25, -0.2) is 0 Å². The summed E-state index contributed by atoms with van der Waals surface area (Å²) >= 11 is 0. The molecule has 0 fully saturated rings. The summed E-state index contributed by atoms with van der Waals surface area (Å²) < 4.78 is 0. The zero-order valence-corrected chi connectivity index (χ0v) is 7.67. The van der Waals surface area contributed by atoms with Crippen LogP contribution >= 0.6 is 0 Å². The Bertz CT molecular complexity index is 280. The van der Waals surface area contributed by atoms with Crippen molar-refractivity contribution in [1.82, 2.24) is 0 Å². The molecule has 0 bridgehead atoms. The lowest BCUT2D eigenvalue weighted by Crippen LogP contribution is -2.23. The predicted octanol–water partition coefficient (Wildman–Crippen LogP) is 2.99. The number of benzene rings is 1. The third kappa shape index (κ3) is 1.20. The summed E-state index contributed by atoms with van der Waals surface area (Å²) in [6.45, 7) is 4.54. The topological polar surface area (TPSA) is 12.0 Å². The third-order valence-electron chi connectivity index (χ3n) is 2.60. The maximum absolute atomic E-state index is 3.49. The molecule has 12 heavy (non-hydrogen) atoms.